The number of rotatable bonds is 9. The van der Waals surface area contributed by atoms with E-state index in [9.17, 15) is 18.0 Å². The van der Waals surface area contributed by atoms with Gasteiger partial charge in [0.2, 0.25) is 15.9 Å². The van der Waals surface area contributed by atoms with E-state index in [2.05, 4.69) is 10.0 Å². The van der Waals surface area contributed by atoms with Crippen LogP contribution in [0.3, 0.4) is 0 Å². The number of hydrogen-bond acceptors (Lipinski definition) is 5. The van der Waals surface area contributed by atoms with Gasteiger partial charge >= 0.3 is 0 Å². The summed E-state index contributed by atoms with van der Waals surface area (Å²) in [5.74, 6) is -0.742. The summed E-state index contributed by atoms with van der Waals surface area (Å²) in [6, 6.07) is 9.05. The number of sulfonamides is 1. The minimum Gasteiger partial charge on any atom is -0.459 e. The number of benzene rings is 1. The zero-order valence-electron chi connectivity index (χ0n) is 15.3. The minimum absolute atomic E-state index is 0.0661. The highest BCUT2D eigenvalue weighted by Crippen LogP contribution is 2.15. The van der Waals surface area contributed by atoms with Crippen molar-refractivity contribution in [3.05, 3.63) is 48.4 Å². The van der Waals surface area contributed by atoms with E-state index in [0.29, 0.717) is 12.2 Å². The average molecular weight is 393 g/mol. The molecule has 2 rings (SSSR count). The number of furan rings is 1. The molecule has 0 aliphatic rings. The maximum absolute atomic E-state index is 12.3. The smallest absolute Gasteiger partial charge is 0.289 e. The lowest BCUT2D eigenvalue weighted by molar-refractivity contribution is -0.116. The maximum Gasteiger partial charge on any atom is 0.289 e. The Morgan fingerprint density at radius 1 is 1.19 bits per heavy atom. The van der Waals surface area contributed by atoms with E-state index in [1.807, 2.05) is 6.92 Å². The van der Waals surface area contributed by atoms with Gasteiger partial charge in [0.15, 0.2) is 5.76 Å². The van der Waals surface area contributed by atoms with Crippen LogP contribution in [0.5, 0.6) is 0 Å². The normalized spacial score (nSPS) is 11.2. The first-order chi connectivity index (χ1) is 12.8. The van der Waals surface area contributed by atoms with Crippen LogP contribution in [-0.2, 0) is 14.8 Å². The number of amides is 2. The van der Waals surface area contributed by atoms with Crippen molar-refractivity contribution >= 4 is 27.5 Å². The quantitative estimate of drug-likeness (QED) is 0.634. The lowest BCUT2D eigenvalue weighted by Crippen LogP contribution is -2.34. The molecular formula is C18H23N3O5S. The van der Waals surface area contributed by atoms with Crippen LogP contribution in [0.4, 0.5) is 5.69 Å². The van der Waals surface area contributed by atoms with Crippen LogP contribution in [0.2, 0.25) is 0 Å². The van der Waals surface area contributed by atoms with Crippen LogP contribution in [0.25, 0.3) is 0 Å². The molecule has 2 N–H and O–H groups in total. The molecule has 0 atom stereocenters. The summed E-state index contributed by atoms with van der Waals surface area (Å²) in [5, 5.41) is 2.60. The molecule has 0 saturated carbocycles. The molecule has 0 bridgehead atoms. The first kappa shape index (κ1) is 20.7. The molecule has 0 fully saturated rings. The second-order valence-corrected chi connectivity index (χ2v) is 7.73. The molecule has 27 heavy (non-hydrogen) atoms. The van der Waals surface area contributed by atoms with Gasteiger partial charge in [0, 0.05) is 19.3 Å². The molecule has 9 heteroatoms. The highest BCUT2D eigenvalue weighted by atomic mass is 32.2. The van der Waals surface area contributed by atoms with E-state index in [1.165, 1.54) is 36.4 Å². The van der Waals surface area contributed by atoms with Gasteiger partial charge in [-0.25, -0.2) is 13.1 Å². The largest absolute Gasteiger partial charge is 0.459 e. The summed E-state index contributed by atoms with van der Waals surface area (Å²) >= 11 is 0. The molecule has 2 aromatic rings. The fraction of sp³-hybridized carbons (Fsp3) is 0.333. The molecule has 1 aromatic heterocycles. The average Bonchev–Trinajstić information content (AvgIpc) is 3.16. The molecule has 0 radical (unpaired) electrons. The monoisotopic (exact) mass is 393 g/mol. The summed E-state index contributed by atoms with van der Waals surface area (Å²) in [5.41, 5.74) is 0.331. The predicted octanol–water partition coefficient (Wildman–Crippen LogP) is 2.07. The van der Waals surface area contributed by atoms with Gasteiger partial charge in [-0.1, -0.05) is 19.4 Å². The first-order valence-corrected chi connectivity index (χ1v) is 10.0. The Hall–Kier alpha value is -2.65. The van der Waals surface area contributed by atoms with Crippen molar-refractivity contribution < 1.29 is 22.4 Å². The number of unbranched alkanes of at least 4 members (excludes halogenated alkanes) is 1. The third-order valence-electron chi connectivity index (χ3n) is 3.71. The number of hydrogen-bond donors (Lipinski definition) is 2. The first-order valence-electron chi connectivity index (χ1n) is 8.52. The van der Waals surface area contributed by atoms with E-state index in [4.69, 9.17) is 4.42 Å². The summed E-state index contributed by atoms with van der Waals surface area (Å²) < 4.78 is 32.0. The lowest BCUT2D eigenvalue weighted by atomic mass is 10.3. The molecule has 1 aromatic carbocycles. The van der Waals surface area contributed by atoms with E-state index in [-0.39, 0.29) is 17.2 Å². The highest BCUT2D eigenvalue weighted by molar-refractivity contribution is 7.89. The Kier molecular flexibility index (Phi) is 7.14. The van der Waals surface area contributed by atoms with Crippen molar-refractivity contribution in [2.75, 3.05) is 25.5 Å². The molecule has 8 nitrogen and oxygen atoms in total. The lowest BCUT2D eigenvalue weighted by Gasteiger charge is -2.15. The van der Waals surface area contributed by atoms with Crippen LogP contribution < -0.4 is 10.0 Å². The van der Waals surface area contributed by atoms with E-state index < -0.39 is 21.8 Å². The zero-order chi connectivity index (χ0) is 19.9. The van der Waals surface area contributed by atoms with Gasteiger partial charge in [-0.3, -0.25) is 9.59 Å². The fourth-order valence-electron chi connectivity index (χ4n) is 2.28. The van der Waals surface area contributed by atoms with Crippen molar-refractivity contribution in [2.45, 2.75) is 24.7 Å². The van der Waals surface area contributed by atoms with Gasteiger partial charge in [0.1, 0.15) is 0 Å². The summed E-state index contributed by atoms with van der Waals surface area (Å²) in [7, 11) is -2.16. The van der Waals surface area contributed by atoms with Crippen LogP contribution in [0.15, 0.2) is 52.0 Å². The SMILES string of the molecule is CCCCNS(=O)(=O)c1cccc(NC(=O)CN(C)C(=O)c2ccco2)c1. The highest BCUT2D eigenvalue weighted by Gasteiger charge is 2.18. The number of carbonyl (C=O) groups excluding carboxylic acids is 2. The predicted molar refractivity (Wildman–Crippen MR) is 101 cm³/mol. The molecule has 2 amide bonds. The van der Waals surface area contributed by atoms with Gasteiger partial charge < -0.3 is 14.6 Å². The molecule has 0 aliphatic carbocycles. The summed E-state index contributed by atoms with van der Waals surface area (Å²) in [6.07, 6.45) is 3.00. The molecule has 0 saturated heterocycles. The molecule has 0 spiro atoms. The third kappa shape index (κ3) is 5.93. The molecule has 0 unspecified atom stereocenters. The maximum atomic E-state index is 12.3. The van der Waals surface area contributed by atoms with Crippen LogP contribution in [0.1, 0.15) is 30.3 Å². The number of anilines is 1. The Morgan fingerprint density at radius 2 is 1.96 bits per heavy atom. The Labute approximate surface area is 158 Å². The second kappa shape index (κ2) is 9.33. The molecule has 146 valence electrons. The minimum atomic E-state index is -3.64. The summed E-state index contributed by atoms with van der Waals surface area (Å²) in [4.78, 5) is 25.5. The van der Waals surface area contributed by atoms with E-state index in [0.717, 1.165) is 12.8 Å². The third-order valence-corrected chi connectivity index (χ3v) is 5.17. The zero-order valence-corrected chi connectivity index (χ0v) is 16.1. The summed E-state index contributed by atoms with van der Waals surface area (Å²) in [6.45, 7) is 2.12. The van der Waals surface area contributed by atoms with Crippen LogP contribution in [0, 0.1) is 0 Å². The standard InChI is InChI=1S/C18H23N3O5S/c1-3-4-10-19-27(24,25)15-8-5-7-14(12-15)20-17(22)13-21(2)18(23)16-9-6-11-26-16/h5-9,11-12,19H,3-4,10,13H2,1-2H3,(H,20,22). The number of nitrogens with zero attached hydrogens (tertiary/aromatic N) is 1. The van der Waals surface area contributed by atoms with Crippen molar-refractivity contribution in [2.24, 2.45) is 0 Å². The van der Waals surface area contributed by atoms with Gasteiger partial charge in [-0.05, 0) is 36.8 Å². The van der Waals surface area contributed by atoms with E-state index in [1.54, 1.807) is 18.2 Å². The number of carbonyl (C=O) groups is 2. The van der Waals surface area contributed by atoms with Gasteiger partial charge in [0.05, 0.1) is 17.7 Å². The number of likely N-dealkylation sites (N-methyl/N-ethyl adjacent to an activating group) is 1. The van der Waals surface area contributed by atoms with E-state index >= 15 is 0 Å². The van der Waals surface area contributed by atoms with Crippen LogP contribution >= 0.6 is 0 Å². The Balaban J connectivity index is 1.99. The fourth-order valence-corrected chi connectivity index (χ4v) is 3.40. The van der Waals surface area contributed by atoms with Crippen LogP contribution in [-0.4, -0.2) is 45.3 Å². The second-order valence-electron chi connectivity index (χ2n) is 5.97. The molecule has 1 heterocycles. The molecular weight excluding hydrogens is 370 g/mol. The van der Waals surface area contributed by atoms with Crippen molar-refractivity contribution in [1.82, 2.24) is 9.62 Å². The van der Waals surface area contributed by atoms with Gasteiger partial charge in [0.25, 0.3) is 5.91 Å². The Morgan fingerprint density at radius 3 is 2.63 bits per heavy atom. The van der Waals surface area contributed by atoms with Gasteiger partial charge in [-0.15, -0.1) is 0 Å². The molecule has 0 aliphatic heterocycles. The Bertz CT molecular complexity index is 878. The van der Waals surface area contributed by atoms with Gasteiger partial charge in [-0.2, -0.15) is 0 Å². The van der Waals surface area contributed by atoms with Crippen molar-refractivity contribution in [3.63, 3.8) is 0 Å². The number of nitrogens with one attached hydrogen (secondary N) is 2. The topological polar surface area (TPSA) is 109 Å². The van der Waals surface area contributed by atoms with Crippen molar-refractivity contribution in [3.8, 4) is 0 Å². The van der Waals surface area contributed by atoms with Crippen molar-refractivity contribution in [1.29, 1.82) is 0 Å².